The Kier molecular flexibility index (Phi) is 19.8. The molecular formula is C37H46N12O15S3. The molecule has 0 radical (unpaired) electrons. The van der Waals surface area contributed by atoms with Gasteiger partial charge in [0.25, 0.3) is 0 Å². The highest BCUT2D eigenvalue weighted by atomic mass is 32.2. The third-order valence-electron chi connectivity index (χ3n) is 9.13. The summed E-state index contributed by atoms with van der Waals surface area (Å²) in [6.45, 7) is -0.193. The Morgan fingerprint density at radius 1 is 0.836 bits per heavy atom. The smallest absolute Gasteiger partial charge is 0.369 e. The molecule has 0 saturated heterocycles. The highest BCUT2D eigenvalue weighted by Gasteiger charge is 2.31. The van der Waals surface area contributed by atoms with Crippen molar-refractivity contribution in [2.45, 2.75) is 66.6 Å². The number of hydrogen-bond donors (Lipinski definition) is 6. The first-order valence-electron chi connectivity index (χ1n) is 19.6. The largest absolute Gasteiger partial charge is 0.480 e. The Balaban J connectivity index is 1.48. The summed E-state index contributed by atoms with van der Waals surface area (Å²) in [5.74, 6) is -8.21. The van der Waals surface area contributed by atoms with Gasteiger partial charge in [-0.3, -0.25) is 43.6 Å². The van der Waals surface area contributed by atoms with Crippen molar-refractivity contribution >= 4 is 75.0 Å². The lowest BCUT2D eigenvalue weighted by molar-refractivity contribution is -0.144. The number of aliphatic carboxylic acids is 2. The lowest BCUT2D eigenvalue weighted by Gasteiger charge is -2.21. The zero-order valence-electron chi connectivity index (χ0n) is 35.8. The van der Waals surface area contributed by atoms with Crippen molar-refractivity contribution in [3.05, 3.63) is 82.2 Å². The molecular weight excluding hydrogens is 949 g/mol. The van der Waals surface area contributed by atoms with E-state index in [1.54, 1.807) is 12.1 Å². The molecule has 5 atom stereocenters. The van der Waals surface area contributed by atoms with Crippen LogP contribution in [-0.4, -0.2) is 155 Å². The number of amides is 3. The predicted octanol–water partition coefficient (Wildman–Crippen LogP) is -2.47. The van der Waals surface area contributed by atoms with Gasteiger partial charge in [-0.1, -0.05) is 18.2 Å². The van der Waals surface area contributed by atoms with Crippen LogP contribution in [0.3, 0.4) is 0 Å². The van der Waals surface area contributed by atoms with E-state index in [-0.39, 0.29) is 22.1 Å². The van der Waals surface area contributed by atoms with E-state index in [0.717, 1.165) is 69.6 Å². The van der Waals surface area contributed by atoms with Gasteiger partial charge in [-0.05, 0) is 41.1 Å². The maximum atomic E-state index is 13.6. The molecule has 4 aromatic rings. The SMILES string of the molecule is COC(=O)CC(SC[C@H](NC(=O)CC[C@H](NCn1cnn(C(CS(=O)(=O)c2ccccc2)SC[C@H](NC(C)=O)C(=O)OC)c1=O)C(=O)O)C(=O)NCC(=O)O)n1nnn(-c2cccnc2)c1=O. The van der Waals surface area contributed by atoms with Gasteiger partial charge >= 0.3 is 35.3 Å². The molecule has 27 nitrogen and oxygen atoms in total. The van der Waals surface area contributed by atoms with Crippen LogP contribution in [0.1, 0.15) is 36.9 Å². The average molecular weight is 995 g/mol. The summed E-state index contributed by atoms with van der Waals surface area (Å²) in [5.41, 5.74) is -1.45. The second kappa shape index (κ2) is 25.1. The van der Waals surface area contributed by atoms with Gasteiger partial charge < -0.3 is 35.6 Å². The highest BCUT2D eigenvalue weighted by molar-refractivity contribution is 8.00. The second-order valence-corrected chi connectivity index (χ2v) is 18.4. The van der Waals surface area contributed by atoms with E-state index in [0.29, 0.717) is 0 Å². The molecule has 0 spiro atoms. The minimum Gasteiger partial charge on any atom is -0.480 e. The standard InChI is InChI=1S/C37H46N12O15S3/c1-22(50)42-27(35(58)64-3)18-66-30(19-67(61,62)24-9-5-4-6-10-24)48-36(59)46(21-41-48)20-40-25(34(56)57)11-12-28(51)43-26(33(55)39-16-31(52)53)17-65-29(14-32(54)63-2)49-37(60)47(44-45-49)23-8-7-13-38-15-23/h4-10,13,15,21,25-27,29-30,40H,11-12,14,16-20H2,1-3H3,(H,39,55)(H,42,50)(H,43,51)(H,52,53)(H,56,57)/t25-,26-,27-,29?,30?/m0/s1. The molecule has 0 aliphatic heterocycles. The zero-order valence-corrected chi connectivity index (χ0v) is 38.3. The average Bonchev–Trinajstić information content (AvgIpc) is 3.87. The number of benzene rings is 1. The molecule has 362 valence electrons. The number of carboxylic acids is 2. The van der Waals surface area contributed by atoms with E-state index in [1.807, 2.05) is 0 Å². The van der Waals surface area contributed by atoms with Crippen LogP contribution in [0, 0.1) is 0 Å². The number of methoxy groups -OCH3 is 2. The molecule has 6 N–H and O–H groups in total. The summed E-state index contributed by atoms with van der Waals surface area (Å²) < 4.78 is 39.9. The number of carboxylic acid groups (broad SMARTS) is 2. The number of ether oxygens (including phenoxy) is 2. The summed E-state index contributed by atoms with van der Waals surface area (Å²) in [6, 6.07) is 6.15. The summed E-state index contributed by atoms with van der Waals surface area (Å²) in [5, 5.41) is 38.0. The summed E-state index contributed by atoms with van der Waals surface area (Å²) in [6.07, 6.45) is 2.38. The molecule has 0 aliphatic rings. The van der Waals surface area contributed by atoms with Gasteiger partial charge in [0, 0.05) is 31.0 Å². The van der Waals surface area contributed by atoms with Gasteiger partial charge in [0.15, 0.2) is 9.84 Å². The van der Waals surface area contributed by atoms with Crippen LogP contribution in [0.4, 0.5) is 0 Å². The van der Waals surface area contributed by atoms with E-state index >= 15 is 0 Å². The van der Waals surface area contributed by atoms with Gasteiger partial charge in [0.1, 0.15) is 41.7 Å². The number of nitrogens with zero attached hydrogens (tertiary/aromatic N) is 8. The lowest BCUT2D eigenvalue weighted by atomic mass is 10.1. The molecule has 67 heavy (non-hydrogen) atoms. The van der Waals surface area contributed by atoms with Crippen LogP contribution in [-0.2, 0) is 59.5 Å². The number of carbonyl (C=O) groups excluding carboxylic acids is 5. The van der Waals surface area contributed by atoms with E-state index in [4.69, 9.17) is 14.6 Å². The molecule has 3 amide bonds. The van der Waals surface area contributed by atoms with Crippen LogP contribution in [0.25, 0.3) is 5.69 Å². The van der Waals surface area contributed by atoms with Gasteiger partial charge in [-0.15, -0.1) is 23.5 Å². The molecule has 0 aliphatic carbocycles. The van der Waals surface area contributed by atoms with Crippen LogP contribution in [0.2, 0.25) is 0 Å². The number of thioether (sulfide) groups is 2. The normalized spacial score (nSPS) is 13.5. The fraction of sp³-hybridized carbons (Fsp3) is 0.432. The molecule has 0 saturated carbocycles. The van der Waals surface area contributed by atoms with Crippen LogP contribution in [0.15, 0.2) is 75.7 Å². The maximum absolute atomic E-state index is 13.6. The maximum Gasteiger partial charge on any atom is 0.369 e. The number of aromatic nitrogens is 8. The Labute approximate surface area is 388 Å². The summed E-state index contributed by atoms with van der Waals surface area (Å²) >= 11 is 1.60. The monoisotopic (exact) mass is 994 g/mol. The van der Waals surface area contributed by atoms with Crippen molar-refractivity contribution < 1.29 is 61.7 Å². The summed E-state index contributed by atoms with van der Waals surface area (Å²) in [4.78, 5) is 117. The quantitative estimate of drug-likeness (QED) is 0.0337. The Hall–Kier alpha value is -6.92. The number of pyridine rings is 1. The van der Waals surface area contributed by atoms with Crippen molar-refractivity contribution in [2.24, 2.45) is 0 Å². The van der Waals surface area contributed by atoms with Gasteiger partial charge in [-0.25, -0.2) is 22.8 Å². The summed E-state index contributed by atoms with van der Waals surface area (Å²) in [7, 11) is -1.88. The molecule has 30 heteroatoms. The number of esters is 2. The third kappa shape index (κ3) is 15.6. The number of carbonyl (C=O) groups is 7. The van der Waals surface area contributed by atoms with E-state index in [9.17, 15) is 56.7 Å². The van der Waals surface area contributed by atoms with Crippen LogP contribution in [0.5, 0.6) is 0 Å². The van der Waals surface area contributed by atoms with Crippen LogP contribution < -0.4 is 32.6 Å². The molecule has 0 fully saturated rings. The van der Waals surface area contributed by atoms with Gasteiger partial charge in [0.2, 0.25) is 17.7 Å². The minimum atomic E-state index is -4.08. The fourth-order valence-corrected chi connectivity index (χ4v) is 10.1. The molecule has 0 bridgehead atoms. The minimum absolute atomic E-state index is 0.0669. The van der Waals surface area contributed by atoms with Crippen molar-refractivity contribution in [3.8, 4) is 5.69 Å². The van der Waals surface area contributed by atoms with Crippen molar-refractivity contribution in [2.75, 3.05) is 38.0 Å². The number of sulfone groups is 1. The predicted molar refractivity (Wildman–Crippen MR) is 234 cm³/mol. The topological polar surface area (TPSA) is 366 Å². The first kappa shape index (κ1) is 52.7. The van der Waals surface area contributed by atoms with Crippen molar-refractivity contribution in [1.82, 2.24) is 60.4 Å². The second-order valence-electron chi connectivity index (χ2n) is 13.9. The molecule has 2 unspecified atom stereocenters. The fourth-order valence-electron chi connectivity index (χ4n) is 5.78. The Morgan fingerprint density at radius 3 is 2.16 bits per heavy atom. The molecule has 1 aromatic carbocycles. The number of tetrazole rings is 1. The molecule has 4 rings (SSSR count). The number of nitrogens with one attached hydrogen (secondary N) is 4. The number of hydrogen-bond acceptors (Lipinski definition) is 20. The van der Waals surface area contributed by atoms with Crippen molar-refractivity contribution in [1.29, 1.82) is 0 Å². The van der Waals surface area contributed by atoms with Gasteiger partial charge in [-0.2, -0.15) is 19.1 Å². The van der Waals surface area contributed by atoms with Crippen LogP contribution >= 0.6 is 23.5 Å². The van der Waals surface area contributed by atoms with Gasteiger partial charge in [0.05, 0.1) is 49.8 Å². The zero-order chi connectivity index (χ0) is 49.3. The number of rotatable bonds is 27. The highest BCUT2D eigenvalue weighted by Crippen LogP contribution is 2.28. The first-order chi connectivity index (χ1) is 31.8. The third-order valence-corrected chi connectivity index (χ3v) is 13.6. The lowest BCUT2D eigenvalue weighted by Crippen LogP contribution is -2.50. The van der Waals surface area contributed by atoms with Crippen molar-refractivity contribution in [3.63, 3.8) is 0 Å². The Bertz CT molecular complexity index is 2610. The van der Waals surface area contributed by atoms with E-state index < -0.39 is 130 Å². The van der Waals surface area contributed by atoms with E-state index in [2.05, 4.69) is 41.8 Å². The Morgan fingerprint density at radius 2 is 1.54 bits per heavy atom. The molecule has 3 heterocycles. The molecule has 3 aromatic heterocycles. The first-order valence-corrected chi connectivity index (χ1v) is 23.4. The van der Waals surface area contributed by atoms with E-state index in [1.165, 1.54) is 42.7 Å².